The number of hydrogen-bond donors (Lipinski definition) is 6. The van der Waals surface area contributed by atoms with Crippen molar-refractivity contribution in [1.29, 1.82) is 0 Å². The van der Waals surface area contributed by atoms with Crippen molar-refractivity contribution in [3.63, 3.8) is 0 Å². The number of hydrogen-bond acceptors (Lipinski definition) is 13. The fraction of sp³-hybridized carbons (Fsp3) is 0.538. The maximum absolute atomic E-state index is 13.7. The third-order valence-corrected chi connectivity index (χ3v) is 9.89. The Labute approximate surface area is 264 Å². The molecule has 1 aliphatic heterocycles. The van der Waals surface area contributed by atoms with Crippen LogP contribution in [0.4, 0.5) is 19.1 Å². The molecule has 1 saturated heterocycles. The van der Waals surface area contributed by atoms with Crippen LogP contribution in [0.15, 0.2) is 35.4 Å². The molecule has 1 aromatic carbocycles. The van der Waals surface area contributed by atoms with E-state index in [2.05, 4.69) is 20.0 Å². The summed E-state index contributed by atoms with van der Waals surface area (Å²) in [6.45, 7) is 2.81. The molecule has 0 amide bonds. The largest absolute Gasteiger partial charge is 0.416 e. The van der Waals surface area contributed by atoms with E-state index >= 15 is 0 Å². The zero-order valence-corrected chi connectivity index (χ0v) is 26.6. The van der Waals surface area contributed by atoms with E-state index in [1.54, 1.807) is 13.8 Å². The highest BCUT2D eigenvalue weighted by atomic mass is 32.2. The second-order valence-electron chi connectivity index (χ2n) is 11.3. The summed E-state index contributed by atoms with van der Waals surface area (Å²) in [5.74, 6) is -0.214. The quantitative estimate of drug-likeness (QED) is 0.111. The number of alkyl halides is 3. The monoisotopic (exact) mass is 694 g/mol. The number of nitrogens with two attached hydrogens (primary N) is 1. The van der Waals surface area contributed by atoms with Gasteiger partial charge in [0.15, 0.2) is 22.5 Å². The number of nitrogens with one attached hydrogen (secondary N) is 2. The van der Waals surface area contributed by atoms with Crippen LogP contribution in [0.3, 0.4) is 0 Å². The van der Waals surface area contributed by atoms with Gasteiger partial charge in [-0.3, -0.25) is 28.2 Å². The van der Waals surface area contributed by atoms with Crippen molar-refractivity contribution in [3.8, 4) is 0 Å². The summed E-state index contributed by atoms with van der Waals surface area (Å²) in [4.78, 5) is 34.8. The zero-order valence-electron chi connectivity index (χ0n) is 24.9. The van der Waals surface area contributed by atoms with Crippen LogP contribution < -0.4 is 16.4 Å². The standard InChI is InChI=1S/C26H34F3N6O9PS/c1-24(2,12-36)22(39)46-9-8-42-45(41,32-10-14-4-6-15(7-5-14)26(27,28)29)43-11-16-18(37)25(3,40)21(44-16)35-13-31-17-19(35)33-23(30)34-20(17)38/h4-7,13,16,18,21,36-37,40H,8-12H2,1-3H3,(H,32,41)(H3,30,33,34,38)/t16-,18+,21-,25?,45?/m1/s1. The van der Waals surface area contributed by atoms with Crippen molar-refractivity contribution in [2.75, 3.05) is 31.3 Å². The number of aliphatic hydroxyl groups is 3. The topological polar surface area (TPSA) is 224 Å². The number of anilines is 1. The summed E-state index contributed by atoms with van der Waals surface area (Å²) in [5.41, 5.74) is 1.27. The van der Waals surface area contributed by atoms with Gasteiger partial charge in [0, 0.05) is 12.3 Å². The van der Waals surface area contributed by atoms with Gasteiger partial charge < -0.3 is 25.8 Å². The predicted octanol–water partition coefficient (Wildman–Crippen LogP) is 1.94. The van der Waals surface area contributed by atoms with Crippen LogP contribution in [-0.4, -0.2) is 83.3 Å². The van der Waals surface area contributed by atoms with Crippen LogP contribution in [-0.2, 0) is 35.9 Å². The number of thioether (sulfide) groups is 1. The van der Waals surface area contributed by atoms with Gasteiger partial charge in [-0.15, -0.1) is 0 Å². The maximum atomic E-state index is 13.7. The highest BCUT2D eigenvalue weighted by Gasteiger charge is 2.54. The Morgan fingerprint density at radius 1 is 1.28 bits per heavy atom. The minimum Gasteiger partial charge on any atom is -0.395 e. The summed E-state index contributed by atoms with van der Waals surface area (Å²) in [5, 5.41) is 33.7. The van der Waals surface area contributed by atoms with Crippen molar-refractivity contribution < 1.29 is 51.6 Å². The molecular formula is C26H34F3N6O9PS. The summed E-state index contributed by atoms with van der Waals surface area (Å²) >= 11 is 0.831. The van der Waals surface area contributed by atoms with E-state index < -0.39 is 61.1 Å². The Kier molecular flexibility index (Phi) is 10.7. The number of aromatic nitrogens is 4. The molecular weight excluding hydrogens is 660 g/mol. The number of halogens is 3. The lowest BCUT2D eigenvalue weighted by Crippen LogP contribution is -2.44. The van der Waals surface area contributed by atoms with Gasteiger partial charge in [-0.1, -0.05) is 23.9 Å². The maximum Gasteiger partial charge on any atom is 0.416 e. The zero-order chi connectivity index (χ0) is 34.1. The Morgan fingerprint density at radius 2 is 1.96 bits per heavy atom. The molecule has 1 aliphatic rings. The molecule has 2 unspecified atom stereocenters. The first-order valence-corrected chi connectivity index (χ1v) is 16.3. The molecule has 5 atom stereocenters. The van der Waals surface area contributed by atoms with Crippen LogP contribution in [0.1, 0.15) is 38.1 Å². The van der Waals surface area contributed by atoms with Gasteiger partial charge in [0.25, 0.3) is 5.56 Å². The number of aromatic amines is 1. The Hall–Kier alpha value is -2.87. The van der Waals surface area contributed by atoms with E-state index in [0.29, 0.717) is 5.56 Å². The number of nitrogens with zero attached hydrogens (tertiary/aromatic N) is 3. The number of benzene rings is 1. The molecule has 7 N–H and O–H groups in total. The summed E-state index contributed by atoms with van der Waals surface area (Å²) in [7, 11) is -4.30. The molecule has 46 heavy (non-hydrogen) atoms. The lowest BCUT2D eigenvalue weighted by Gasteiger charge is -2.27. The molecule has 0 radical (unpaired) electrons. The molecule has 3 heterocycles. The second-order valence-corrected chi connectivity index (χ2v) is 14.2. The molecule has 3 aromatic rings. The lowest BCUT2D eigenvalue weighted by molar-refractivity contribution is -0.137. The number of fused-ring (bicyclic) bond motifs is 1. The number of carbonyl (C=O) groups excluding carboxylic acids is 1. The van der Waals surface area contributed by atoms with E-state index in [-0.39, 0.29) is 47.7 Å². The number of rotatable bonds is 13. The van der Waals surface area contributed by atoms with Crippen LogP contribution in [0.5, 0.6) is 0 Å². The van der Waals surface area contributed by atoms with Crippen LogP contribution >= 0.6 is 19.5 Å². The second kappa shape index (κ2) is 13.7. The van der Waals surface area contributed by atoms with Gasteiger partial charge in [-0.2, -0.15) is 18.2 Å². The highest BCUT2D eigenvalue weighted by Crippen LogP contribution is 2.47. The minimum absolute atomic E-state index is 0.0138. The van der Waals surface area contributed by atoms with Crippen molar-refractivity contribution in [3.05, 3.63) is 52.1 Å². The average molecular weight is 695 g/mol. The van der Waals surface area contributed by atoms with E-state index in [1.807, 2.05) is 0 Å². The number of carbonyl (C=O) groups is 1. The van der Waals surface area contributed by atoms with Crippen molar-refractivity contribution >= 4 is 41.7 Å². The molecule has 15 nitrogen and oxygen atoms in total. The first-order chi connectivity index (χ1) is 21.4. The van der Waals surface area contributed by atoms with Gasteiger partial charge >= 0.3 is 13.9 Å². The molecule has 1 fully saturated rings. The molecule has 20 heteroatoms. The normalized spacial score (nSPS) is 23.5. The molecule has 0 saturated carbocycles. The Balaban J connectivity index is 1.48. The number of ether oxygens (including phenoxy) is 1. The van der Waals surface area contributed by atoms with Crippen LogP contribution in [0, 0.1) is 5.41 Å². The first-order valence-electron chi connectivity index (χ1n) is 13.7. The predicted molar refractivity (Wildman–Crippen MR) is 159 cm³/mol. The van der Waals surface area contributed by atoms with E-state index in [1.165, 1.54) is 23.6 Å². The molecule has 254 valence electrons. The van der Waals surface area contributed by atoms with Gasteiger partial charge in [0.05, 0.1) is 37.1 Å². The first kappa shape index (κ1) is 36.0. The van der Waals surface area contributed by atoms with E-state index in [4.69, 9.17) is 19.5 Å². The molecule has 0 bridgehead atoms. The number of imidazole rings is 1. The molecule has 4 rings (SSSR count). The van der Waals surface area contributed by atoms with Gasteiger partial charge in [0.2, 0.25) is 5.95 Å². The van der Waals surface area contributed by atoms with Crippen molar-refractivity contribution in [2.45, 2.75) is 57.5 Å². The smallest absolute Gasteiger partial charge is 0.395 e. The minimum atomic E-state index is -4.55. The SMILES string of the molecule is CC(C)(CO)C(=O)SCCOP(=O)(NCc1ccc(C(F)(F)F)cc1)OC[C@H]1O[C@@H](n2cnc3c(=O)[nH]c(N)nc32)C(C)(O)[C@H]1O. The fourth-order valence-electron chi connectivity index (χ4n) is 4.34. The van der Waals surface area contributed by atoms with Crippen LogP contribution in [0.25, 0.3) is 11.2 Å². The molecule has 0 spiro atoms. The van der Waals surface area contributed by atoms with Gasteiger partial charge in [-0.25, -0.2) is 14.6 Å². The number of nitrogen functional groups attached to an aromatic ring is 1. The lowest BCUT2D eigenvalue weighted by atomic mass is 9.96. The Morgan fingerprint density at radius 3 is 2.59 bits per heavy atom. The fourth-order valence-corrected chi connectivity index (χ4v) is 6.58. The molecule has 0 aliphatic carbocycles. The highest BCUT2D eigenvalue weighted by molar-refractivity contribution is 8.13. The summed E-state index contributed by atoms with van der Waals surface area (Å²) in [6.07, 6.45) is -7.68. The summed E-state index contributed by atoms with van der Waals surface area (Å²) in [6, 6.07) is 4.07. The van der Waals surface area contributed by atoms with Gasteiger partial charge in [0.1, 0.15) is 17.8 Å². The number of H-pyrrole nitrogens is 1. The Bertz CT molecular complexity index is 1650. The summed E-state index contributed by atoms with van der Waals surface area (Å²) < 4.78 is 70.7. The third-order valence-electron chi connectivity index (χ3n) is 7.15. The van der Waals surface area contributed by atoms with Crippen molar-refractivity contribution in [2.24, 2.45) is 5.41 Å². The van der Waals surface area contributed by atoms with Gasteiger partial charge in [-0.05, 0) is 38.5 Å². The van der Waals surface area contributed by atoms with E-state index in [0.717, 1.165) is 30.2 Å². The third kappa shape index (κ3) is 7.98. The number of aliphatic hydroxyl groups excluding tert-OH is 2. The van der Waals surface area contributed by atoms with E-state index in [9.17, 15) is 42.6 Å². The van der Waals surface area contributed by atoms with Crippen molar-refractivity contribution in [1.82, 2.24) is 24.6 Å². The average Bonchev–Trinajstić information content (AvgIpc) is 3.50. The molecule has 2 aromatic heterocycles. The van der Waals surface area contributed by atoms with Crippen LogP contribution in [0.2, 0.25) is 0 Å².